The van der Waals surface area contributed by atoms with Gasteiger partial charge in [-0.15, -0.1) is 0 Å². The van der Waals surface area contributed by atoms with Crippen LogP contribution in [0.3, 0.4) is 0 Å². The first-order chi connectivity index (χ1) is 13.2. The van der Waals surface area contributed by atoms with Crippen LogP contribution in [0.2, 0.25) is 5.02 Å². The summed E-state index contributed by atoms with van der Waals surface area (Å²) >= 11 is 11.9. The third-order valence-electron chi connectivity index (χ3n) is 4.55. The Bertz CT molecular complexity index is 896. The minimum atomic E-state index is 0.0774. The second kappa shape index (κ2) is 9.74. The number of fused-ring (bicyclic) bond motifs is 1. The fourth-order valence-corrected chi connectivity index (χ4v) is 3.66. The lowest BCUT2D eigenvalue weighted by atomic mass is 9.91. The van der Waals surface area contributed by atoms with Gasteiger partial charge in [0.1, 0.15) is 0 Å². The van der Waals surface area contributed by atoms with Crippen molar-refractivity contribution in [3.8, 4) is 0 Å². The maximum absolute atomic E-state index is 6.52. The lowest BCUT2D eigenvalue weighted by Crippen LogP contribution is -2.38. The maximum Gasteiger partial charge on any atom is 0.166 e. The summed E-state index contributed by atoms with van der Waals surface area (Å²) in [7, 11) is 1.70. The van der Waals surface area contributed by atoms with E-state index in [0.29, 0.717) is 18.3 Å². The number of methoxy groups -OCH3 is 1. The van der Waals surface area contributed by atoms with E-state index in [2.05, 4.69) is 46.1 Å². The third kappa shape index (κ3) is 5.01. The van der Waals surface area contributed by atoms with E-state index >= 15 is 0 Å². The van der Waals surface area contributed by atoms with Gasteiger partial charge in [0.2, 0.25) is 0 Å². The lowest BCUT2D eigenvalue weighted by Gasteiger charge is -2.20. The van der Waals surface area contributed by atoms with Crippen LogP contribution in [0.4, 0.5) is 0 Å². The Hall–Kier alpha value is -2.08. The van der Waals surface area contributed by atoms with Gasteiger partial charge >= 0.3 is 0 Å². The van der Waals surface area contributed by atoms with Gasteiger partial charge in [-0.1, -0.05) is 48.0 Å². The number of hydrogen-bond acceptors (Lipinski definition) is 2. The highest BCUT2D eigenvalue weighted by Gasteiger charge is 2.20. The van der Waals surface area contributed by atoms with Crippen molar-refractivity contribution in [3.05, 3.63) is 70.9 Å². The minimum Gasteiger partial charge on any atom is -0.385 e. The molecule has 3 rings (SSSR count). The molecular weight excluding hydrogens is 378 g/mol. The number of aromatic nitrogens is 1. The number of para-hydroxylation sites is 1. The zero-order chi connectivity index (χ0) is 19.1. The van der Waals surface area contributed by atoms with Crippen LogP contribution >= 0.6 is 23.8 Å². The predicted octanol–water partition coefficient (Wildman–Crippen LogP) is 4.45. The van der Waals surface area contributed by atoms with E-state index in [4.69, 9.17) is 28.6 Å². The van der Waals surface area contributed by atoms with Crippen molar-refractivity contribution in [2.75, 3.05) is 26.8 Å². The third-order valence-corrected chi connectivity index (χ3v) is 5.19. The monoisotopic (exact) mass is 401 g/mol. The van der Waals surface area contributed by atoms with Crippen molar-refractivity contribution in [2.45, 2.75) is 12.3 Å². The van der Waals surface area contributed by atoms with Crippen LogP contribution in [0, 0.1) is 0 Å². The molecule has 3 N–H and O–H groups in total. The average Bonchev–Trinajstić information content (AvgIpc) is 3.11. The van der Waals surface area contributed by atoms with Crippen molar-refractivity contribution < 1.29 is 4.74 Å². The second-order valence-corrected chi connectivity index (χ2v) is 7.16. The Balaban J connectivity index is 1.79. The molecule has 0 spiro atoms. The normalized spacial score (nSPS) is 12.1. The maximum atomic E-state index is 6.52. The summed E-state index contributed by atoms with van der Waals surface area (Å²) in [6.45, 7) is 2.15. The number of H-pyrrole nitrogens is 1. The Labute approximate surface area is 170 Å². The van der Waals surface area contributed by atoms with E-state index < -0.39 is 0 Å². The second-order valence-electron chi connectivity index (χ2n) is 6.35. The van der Waals surface area contributed by atoms with E-state index in [0.717, 1.165) is 29.1 Å². The highest BCUT2D eigenvalue weighted by atomic mass is 35.5. The van der Waals surface area contributed by atoms with Gasteiger partial charge in [-0.05, 0) is 41.9 Å². The number of ether oxygens (including phenoxy) is 1. The molecule has 0 unspecified atom stereocenters. The summed E-state index contributed by atoms with van der Waals surface area (Å²) < 4.78 is 5.06. The van der Waals surface area contributed by atoms with E-state index in [-0.39, 0.29) is 5.92 Å². The zero-order valence-electron chi connectivity index (χ0n) is 15.3. The molecule has 1 heterocycles. The lowest BCUT2D eigenvalue weighted by molar-refractivity contribution is 0.195. The molecule has 0 radical (unpaired) electrons. The summed E-state index contributed by atoms with van der Waals surface area (Å²) in [5.74, 6) is 0.0774. The van der Waals surface area contributed by atoms with Crippen LogP contribution in [-0.2, 0) is 4.74 Å². The number of thiocarbonyl (C=S) groups is 1. The number of halogens is 1. The first-order valence-corrected chi connectivity index (χ1v) is 9.80. The van der Waals surface area contributed by atoms with Gasteiger partial charge in [0.05, 0.1) is 0 Å². The van der Waals surface area contributed by atoms with Gasteiger partial charge in [-0.2, -0.15) is 0 Å². The molecule has 6 heteroatoms. The Morgan fingerprint density at radius 3 is 2.70 bits per heavy atom. The summed E-state index contributed by atoms with van der Waals surface area (Å²) in [6, 6.07) is 16.3. The summed E-state index contributed by atoms with van der Waals surface area (Å²) in [5, 5.41) is 9.16. The van der Waals surface area contributed by atoms with Crippen molar-refractivity contribution in [1.29, 1.82) is 0 Å². The van der Waals surface area contributed by atoms with Gasteiger partial charge in [0, 0.05) is 54.8 Å². The summed E-state index contributed by atoms with van der Waals surface area (Å²) in [5.41, 5.74) is 3.40. The van der Waals surface area contributed by atoms with Crippen molar-refractivity contribution in [3.63, 3.8) is 0 Å². The smallest absolute Gasteiger partial charge is 0.166 e. The van der Waals surface area contributed by atoms with Crippen LogP contribution < -0.4 is 10.6 Å². The highest BCUT2D eigenvalue weighted by molar-refractivity contribution is 7.80. The Kier molecular flexibility index (Phi) is 7.10. The quantitative estimate of drug-likeness (QED) is 0.385. The topological polar surface area (TPSA) is 49.1 Å². The molecule has 0 aliphatic carbocycles. The first kappa shape index (κ1) is 19.7. The fourth-order valence-electron chi connectivity index (χ4n) is 3.20. The minimum absolute atomic E-state index is 0.0774. The molecule has 27 heavy (non-hydrogen) atoms. The first-order valence-electron chi connectivity index (χ1n) is 9.01. The average molecular weight is 402 g/mol. The fraction of sp³-hybridized carbons (Fsp3) is 0.286. The molecule has 4 nitrogen and oxygen atoms in total. The molecule has 0 fully saturated rings. The molecule has 0 bridgehead atoms. The zero-order valence-corrected chi connectivity index (χ0v) is 16.9. The van der Waals surface area contributed by atoms with E-state index in [1.54, 1.807) is 7.11 Å². The van der Waals surface area contributed by atoms with Crippen molar-refractivity contribution in [2.24, 2.45) is 0 Å². The SMILES string of the molecule is COCCCNC(=S)NC[C@@H](c1ccccc1Cl)c1c[nH]c2ccccc12. The standard InChI is InChI=1S/C21H24ClN3OS/c1-26-12-6-11-23-21(27)25-14-17(15-7-2-4-9-19(15)22)18-13-24-20-10-5-3-8-16(18)20/h2-5,7-10,13,17,24H,6,11-12,14H2,1H3,(H2,23,25,27)/t17-/m0/s1. The van der Waals surface area contributed by atoms with Gasteiger partial charge < -0.3 is 20.4 Å². The van der Waals surface area contributed by atoms with E-state index in [9.17, 15) is 0 Å². The molecule has 1 atom stereocenters. The molecule has 1 aromatic heterocycles. The molecule has 3 aromatic rings. The number of rotatable bonds is 8. The van der Waals surface area contributed by atoms with Gasteiger partial charge in [0.25, 0.3) is 0 Å². The Morgan fingerprint density at radius 2 is 1.89 bits per heavy atom. The molecular formula is C21H24ClN3OS. The largest absolute Gasteiger partial charge is 0.385 e. The van der Waals surface area contributed by atoms with E-state index in [1.807, 2.05) is 24.3 Å². The van der Waals surface area contributed by atoms with Gasteiger partial charge in [-0.25, -0.2) is 0 Å². The summed E-state index contributed by atoms with van der Waals surface area (Å²) in [6.07, 6.45) is 2.98. The van der Waals surface area contributed by atoms with Crippen LogP contribution in [0.25, 0.3) is 10.9 Å². The predicted molar refractivity (Wildman–Crippen MR) is 117 cm³/mol. The summed E-state index contributed by atoms with van der Waals surface area (Å²) in [4.78, 5) is 3.36. The molecule has 0 amide bonds. The molecule has 0 aliphatic heterocycles. The number of nitrogens with one attached hydrogen (secondary N) is 3. The number of hydrogen-bond donors (Lipinski definition) is 3. The van der Waals surface area contributed by atoms with Crippen LogP contribution in [-0.4, -0.2) is 36.9 Å². The van der Waals surface area contributed by atoms with E-state index in [1.165, 1.54) is 10.9 Å². The molecule has 0 saturated carbocycles. The molecule has 2 aromatic carbocycles. The van der Waals surface area contributed by atoms with Crippen LogP contribution in [0.5, 0.6) is 0 Å². The molecule has 142 valence electrons. The molecule has 0 aliphatic rings. The van der Waals surface area contributed by atoms with Crippen molar-refractivity contribution >= 4 is 39.8 Å². The van der Waals surface area contributed by atoms with Crippen LogP contribution in [0.1, 0.15) is 23.5 Å². The number of benzene rings is 2. The highest BCUT2D eigenvalue weighted by Crippen LogP contribution is 2.33. The van der Waals surface area contributed by atoms with Crippen molar-refractivity contribution in [1.82, 2.24) is 15.6 Å². The van der Waals surface area contributed by atoms with Gasteiger partial charge in [0.15, 0.2) is 5.11 Å². The van der Waals surface area contributed by atoms with Gasteiger partial charge in [-0.3, -0.25) is 0 Å². The Morgan fingerprint density at radius 1 is 1.11 bits per heavy atom. The molecule has 0 saturated heterocycles. The number of aromatic amines is 1. The van der Waals surface area contributed by atoms with Crippen LogP contribution in [0.15, 0.2) is 54.7 Å².